The second-order valence-electron chi connectivity index (χ2n) is 11.2. The highest BCUT2D eigenvalue weighted by molar-refractivity contribution is 7.43. The lowest BCUT2D eigenvalue weighted by Crippen LogP contribution is -2.84. The number of ether oxygens (including phenoxy) is 5. The van der Waals surface area contributed by atoms with Crippen LogP contribution in [0.2, 0.25) is 0 Å². The molecule has 8 rings (SSSR count). The first-order valence-corrected chi connectivity index (χ1v) is 13.2. The van der Waals surface area contributed by atoms with E-state index in [1.807, 2.05) is 13.8 Å². The van der Waals surface area contributed by atoms with Crippen molar-refractivity contribution in [3.63, 3.8) is 0 Å². The summed E-state index contributed by atoms with van der Waals surface area (Å²) in [7, 11) is -5.24. The lowest BCUT2D eigenvalue weighted by atomic mass is 9.42. The third kappa shape index (κ3) is 2.22. The van der Waals surface area contributed by atoms with Gasteiger partial charge in [0.05, 0.1) is 13.9 Å². The van der Waals surface area contributed by atoms with Crippen LogP contribution in [-0.2, 0) is 37.6 Å². The van der Waals surface area contributed by atoms with Gasteiger partial charge in [-0.25, -0.2) is 4.79 Å². The van der Waals surface area contributed by atoms with Crippen LogP contribution in [0.3, 0.4) is 0 Å². The average Bonchev–Trinajstić information content (AvgIpc) is 3.54. The molecule has 5 aliphatic heterocycles. The van der Waals surface area contributed by atoms with Crippen LogP contribution < -0.4 is 9.79 Å². The van der Waals surface area contributed by atoms with Crippen LogP contribution in [-0.4, -0.2) is 60.1 Å². The number of phosphoric ester groups is 1. The quantitative estimate of drug-likeness (QED) is 0.233. The Hall–Kier alpha value is -0.840. The molecule has 0 amide bonds. The van der Waals surface area contributed by atoms with Crippen molar-refractivity contribution in [3.05, 3.63) is 11.1 Å². The molecular formula is C22H27O10P-2. The van der Waals surface area contributed by atoms with Crippen LogP contribution in [0.25, 0.3) is 0 Å². The molecule has 2 unspecified atom stereocenters. The van der Waals surface area contributed by atoms with E-state index in [4.69, 9.17) is 23.7 Å². The Morgan fingerprint density at radius 1 is 1.15 bits per heavy atom. The van der Waals surface area contributed by atoms with E-state index in [1.54, 1.807) is 0 Å². The van der Waals surface area contributed by atoms with E-state index >= 15 is 0 Å². The number of carbonyl (C=O) groups is 1. The van der Waals surface area contributed by atoms with Crippen molar-refractivity contribution in [1.82, 2.24) is 0 Å². The first-order valence-electron chi connectivity index (χ1n) is 11.7. The summed E-state index contributed by atoms with van der Waals surface area (Å²) in [5.74, 6) is -0.186. The minimum Gasteiger partial charge on any atom is -0.790 e. The maximum atomic E-state index is 12.3. The smallest absolute Gasteiger partial charge is 0.334 e. The molecule has 5 heterocycles. The van der Waals surface area contributed by atoms with Crippen LogP contribution in [0.15, 0.2) is 11.1 Å². The van der Waals surface area contributed by atoms with Crippen molar-refractivity contribution in [1.29, 1.82) is 0 Å². The van der Waals surface area contributed by atoms with Crippen LogP contribution in [0.5, 0.6) is 0 Å². The van der Waals surface area contributed by atoms with E-state index in [2.05, 4.69) is 11.4 Å². The summed E-state index contributed by atoms with van der Waals surface area (Å²) in [6, 6.07) is 0. The van der Waals surface area contributed by atoms with Gasteiger partial charge >= 0.3 is 5.97 Å². The van der Waals surface area contributed by atoms with Gasteiger partial charge in [-0.1, -0.05) is 20.8 Å². The normalized spacial score (nSPS) is 53.8. The molecule has 4 saturated heterocycles. The van der Waals surface area contributed by atoms with Crippen molar-refractivity contribution in [2.75, 3.05) is 6.61 Å². The molecule has 33 heavy (non-hydrogen) atoms. The third-order valence-electron chi connectivity index (χ3n) is 9.65. The Balaban J connectivity index is 1.31. The molecule has 0 aromatic heterocycles. The van der Waals surface area contributed by atoms with Crippen molar-refractivity contribution < 1.29 is 47.4 Å². The summed E-state index contributed by atoms with van der Waals surface area (Å²) in [6.45, 7) is 7.97. The van der Waals surface area contributed by atoms with Crippen LogP contribution in [0, 0.1) is 17.3 Å². The van der Waals surface area contributed by atoms with E-state index in [9.17, 15) is 19.1 Å². The molecule has 182 valence electrons. The van der Waals surface area contributed by atoms with Crippen molar-refractivity contribution >= 4 is 13.8 Å². The molecule has 6 fully saturated rings. The second-order valence-corrected chi connectivity index (χ2v) is 12.3. The highest BCUT2D eigenvalue weighted by atomic mass is 31.2. The van der Waals surface area contributed by atoms with Crippen molar-refractivity contribution in [3.8, 4) is 0 Å². The molecule has 0 N–H and O–H groups in total. The van der Waals surface area contributed by atoms with Gasteiger partial charge < -0.3 is 42.6 Å². The standard InChI is InChI=1S/C22H29O10P/c1-9(2)21-15(30-21)16-22(31-16)19(4)6-5-11-12(8-27-17(11)23)14(19)13-7-20(22,29-13)18(21)28-10(3)32-33(24,25)26/h9-10,13-16,18H,5-8H2,1-4H3,(H2,24,25,26)/p-2/t10?,13?,14-,15+,16+,18+,19+,20-,21+,22-/m1/s1. The molecule has 0 aromatic carbocycles. The van der Waals surface area contributed by atoms with Gasteiger partial charge in [0.2, 0.25) is 0 Å². The summed E-state index contributed by atoms with van der Waals surface area (Å²) < 4.78 is 47.1. The lowest BCUT2D eigenvalue weighted by Gasteiger charge is -2.70. The molecule has 10 nitrogen and oxygen atoms in total. The fourth-order valence-electron chi connectivity index (χ4n) is 8.48. The Bertz CT molecular complexity index is 1040. The first kappa shape index (κ1) is 21.4. The van der Waals surface area contributed by atoms with Crippen molar-refractivity contribution in [2.24, 2.45) is 17.3 Å². The highest BCUT2D eigenvalue weighted by Gasteiger charge is 2.98. The number of cyclic esters (lactones) is 1. The fourth-order valence-corrected chi connectivity index (χ4v) is 8.89. The van der Waals surface area contributed by atoms with Gasteiger partial charge in [0.1, 0.15) is 41.7 Å². The van der Waals surface area contributed by atoms with Gasteiger partial charge in [-0.2, -0.15) is 0 Å². The second kappa shape index (κ2) is 5.93. The number of hydrogen-bond acceptors (Lipinski definition) is 10. The third-order valence-corrected chi connectivity index (χ3v) is 10.2. The largest absolute Gasteiger partial charge is 0.790 e. The molecule has 2 spiro atoms. The fraction of sp³-hybridized carbons (Fsp3) is 0.864. The molecule has 11 heteroatoms. The Labute approximate surface area is 191 Å². The molecular weight excluding hydrogens is 455 g/mol. The number of phosphoric acid groups is 1. The zero-order valence-corrected chi connectivity index (χ0v) is 19.8. The Morgan fingerprint density at radius 2 is 1.88 bits per heavy atom. The van der Waals surface area contributed by atoms with Gasteiger partial charge in [0, 0.05) is 23.3 Å². The molecule has 10 atom stereocenters. The van der Waals surface area contributed by atoms with Crippen LogP contribution >= 0.6 is 7.82 Å². The molecule has 3 aliphatic carbocycles. The zero-order valence-electron chi connectivity index (χ0n) is 18.9. The number of hydrogen-bond donors (Lipinski definition) is 0. The monoisotopic (exact) mass is 482 g/mol. The maximum absolute atomic E-state index is 12.3. The van der Waals surface area contributed by atoms with E-state index in [1.165, 1.54) is 6.92 Å². The number of esters is 1. The van der Waals surface area contributed by atoms with E-state index < -0.39 is 37.0 Å². The Kier molecular flexibility index (Phi) is 3.85. The van der Waals surface area contributed by atoms with Gasteiger partial charge in [0.25, 0.3) is 0 Å². The zero-order chi connectivity index (χ0) is 23.3. The van der Waals surface area contributed by atoms with E-state index in [0.29, 0.717) is 19.4 Å². The molecule has 2 saturated carbocycles. The maximum Gasteiger partial charge on any atom is 0.334 e. The Morgan fingerprint density at radius 3 is 2.55 bits per heavy atom. The number of rotatable bonds is 5. The molecule has 0 radical (unpaired) electrons. The minimum absolute atomic E-state index is 0.00250. The van der Waals surface area contributed by atoms with Gasteiger partial charge in [-0.3, -0.25) is 0 Å². The summed E-state index contributed by atoms with van der Waals surface area (Å²) in [4.78, 5) is 34.7. The van der Waals surface area contributed by atoms with Gasteiger partial charge in [-0.15, -0.1) is 0 Å². The first-order chi connectivity index (χ1) is 15.4. The summed E-state index contributed by atoms with van der Waals surface area (Å²) in [5.41, 5.74) is -0.760. The van der Waals surface area contributed by atoms with Gasteiger partial charge in [0.15, 0.2) is 6.29 Å². The van der Waals surface area contributed by atoms with Crippen molar-refractivity contribution in [2.45, 2.75) is 94.5 Å². The average molecular weight is 482 g/mol. The predicted octanol–water partition coefficient (Wildman–Crippen LogP) is 0.319. The van der Waals surface area contributed by atoms with Gasteiger partial charge in [-0.05, 0) is 31.3 Å². The lowest BCUT2D eigenvalue weighted by molar-refractivity contribution is -0.389. The van der Waals surface area contributed by atoms with E-state index in [0.717, 1.165) is 17.6 Å². The summed E-state index contributed by atoms with van der Waals surface area (Å²) in [5, 5.41) is 0. The van der Waals surface area contributed by atoms with Crippen LogP contribution in [0.1, 0.15) is 47.0 Å². The summed E-state index contributed by atoms with van der Waals surface area (Å²) >= 11 is 0. The van der Waals surface area contributed by atoms with E-state index in [-0.39, 0.29) is 41.5 Å². The topological polar surface area (TPSA) is 142 Å². The number of epoxide rings is 2. The SMILES string of the molecule is CC(O[C@@H]1[C@@]2(C(C)C)O[C@H]2[C@@H]2O[C@@]23[C@@]2(C)CCC4=C(COC4=O)[C@@H]2C2C[C@@]13O2)OP(=O)([O-])[O-]. The molecule has 0 aromatic rings. The number of fused-ring (bicyclic) bond motifs is 2. The predicted molar refractivity (Wildman–Crippen MR) is 104 cm³/mol. The summed E-state index contributed by atoms with van der Waals surface area (Å²) in [6.07, 6.45) is -0.463. The molecule has 8 aliphatic rings. The minimum atomic E-state index is -5.24. The van der Waals surface area contributed by atoms with Crippen LogP contribution in [0.4, 0.5) is 0 Å². The number of carbonyl (C=O) groups excluding carboxylic acids is 1. The molecule has 2 bridgehead atoms. The highest BCUT2D eigenvalue weighted by Crippen LogP contribution is 2.82.